The van der Waals surface area contributed by atoms with Gasteiger partial charge in [-0.25, -0.2) is 0 Å². The molecule has 0 amide bonds. The van der Waals surface area contributed by atoms with Crippen molar-refractivity contribution in [3.05, 3.63) is 35.4 Å². The molecule has 0 N–H and O–H groups in total. The molecule has 1 aromatic rings. The molecule has 1 aromatic carbocycles. The molecule has 0 aliphatic carbocycles. The van der Waals surface area contributed by atoms with Crippen molar-refractivity contribution >= 4 is 37.2 Å². The SMILES string of the molecule is CCCc1cccc(C(C)(C)C)c1.II. The van der Waals surface area contributed by atoms with Gasteiger partial charge in [-0.1, -0.05) is 58.4 Å². The van der Waals surface area contributed by atoms with E-state index < -0.39 is 0 Å². The first-order chi connectivity index (χ1) is 7.04. The summed E-state index contributed by atoms with van der Waals surface area (Å²) >= 11 is 4.24. The zero-order valence-corrected chi connectivity index (χ0v) is 14.3. The Balaban J connectivity index is 0.000000921. The fraction of sp³-hybridized carbons (Fsp3) is 0.538. The second-order valence-corrected chi connectivity index (χ2v) is 4.70. The third kappa shape index (κ3) is 6.09. The molecule has 0 saturated carbocycles. The molecule has 0 atom stereocenters. The van der Waals surface area contributed by atoms with E-state index in [4.69, 9.17) is 0 Å². The average Bonchev–Trinajstić information content (AvgIpc) is 2.21. The Morgan fingerprint density at radius 3 is 2.20 bits per heavy atom. The van der Waals surface area contributed by atoms with Gasteiger partial charge in [0, 0.05) is 37.2 Å². The van der Waals surface area contributed by atoms with E-state index in [-0.39, 0.29) is 5.41 Å². The highest BCUT2D eigenvalue weighted by Crippen LogP contribution is 2.23. The van der Waals surface area contributed by atoms with Crippen LogP contribution in [-0.2, 0) is 11.8 Å². The van der Waals surface area contributed by atoms with Crippen LogP contribution in [0.25, 0.3) is 0 Å². The first kappa shape index (κ1) is 15.7. The van der Waals surface area contributed by atoms with Crippen LogP contribution in [0.1, 0.15) is 45.2 Å². The van der Waals surface area contributed by atoms with Gasteiger partial charge in [-0.15, -0.1) is 0 Å². The maximum atomic E-state index is 2.34. The van der Waals surface area contributed by atoms with E-state index in [2.05, 4.69) is 89.2 Å². The summed E-state index contributed by atoms with van der Waals surface area (Å²) in [6, 6.07) is 8.95. The van der Waals surface area contributed by atoms with Gasteiger partial charge in [-0.2, -0.15) is 0 Å². The average molecular weight is 430 g/mol. The van der Waals surface area contributed by atoms with Crippen LogP contribution in [0.15, 0.2) is 24.3 Å². The van der Waals surface area contributed by atoms with E-state index >= 15 is 0 Å². The second kappa shape index (κ2) is 7.87. The highest BCUT2D eigenvalue weighted by atomic mass is 128. The number of aryl methyl sites for hydroxylation is 1. The lowest BCUT2D eigenvalue weighted by Gasteiger charge is -2.19. The minimum atomic E-state index is 0.281. The van der Waals surface area contributed by atoms with E-state index in [9.17, 15) is 0 Å². The standard InChI is InChI=1S/C13H20.I2/c1-5-7-11-8-6-9-12(10-11)13(2,3)4;1-2/h6,8-10H,5,7H2,1-4H3;. The van der Waals surface area contributed by atoms with Gasteiger partial charge in [0.25, 0.3) is 0 Å². The molecule has 2 heteroatoms. The molecule has 0 aromatic heterocycles. The molecule has 0 bridgehead atoms. The van der Waals surface area contributed by atoms with Gasteiger partial charge in [0.15, 0.2) is 0 Å². The lowest BCUT2D eigenvalue weighted by atomic mass is 9.86. The molecular formula is C13H20I2. The third-order valence-electron chi connectivity index (χ3n) is 2.33. The minimum absolute atomic E-state index is 0.281. The van der Waals surface area contributed by atoms with Crippen molar-refractivity contribution in [2.75, 3.05) is 0 Å². The zero-order chi connectivity index (χ0) is 11.9. The normalized spacial score (nSPS) is 10.5. The van der Waals surface area contributed by atoms with Gasteiger partial charge in [0.2, 0.25) is 0 Å². The summed E-state index contributed by atoms with van der Waals surface area (Å²) < 4.78 is 0. The van der Waals surface area contributed by atoms with Crippen molar-refractivity contribution in [2.45, 2.75) is 46.0 Å². The van der Waals surface area contributed by atoms with Gasteiger partial charge in [-0.05, 0) is 23.0 Å². The van der Waals surface area contributed by atoms with Gasteiger partial charge >= 0.3 is 0 Å². The van der Waals surface area contributed by atoms with E-state index in [1.165, 1.54) is 24.0 Å². The number of benzene rings is 1. The highest BCUT2D eigenvalue weighted by molar-refractivity contribution is 15.0. The molecule has 0 radical (unpaired) electrons. The molecule has 0 heterocycles. The smallest absolute Gasteiger partial charge is 0 e. The number of rotatable bonds is 2. The number of hydrogen-bond donors (Lipinski definition) is 0. The molecule has 0 nitrogen and oxygen atoms in total. The van der Waals surface area contributed by atoms with Crippen LogP contribution in [0.5, 0.6) is 0 Å². The second-order valence-electron chi connectivity index (χ2n) is 4.70. The van der Waals surface area contributed by atoms with Crippen LogP contribution < -0.4 is 0 Å². The highest BCUT2D eigenvalue weighted by Gasteiger charge is 2.12. The summed E-state index contributed by atoms with van der Waals surface area (Å²) in [7, 11) is 0. The zero-order valence-electron chi connectivity index (χ0n) is 9.98. The van der Waals surface area contributed by atoms with Crippen LogP contribution in [0.2, 0.25) is 0 Å². The van der Waals surface area contributed by atoms with Crippen molar-refractivity contribution < 1.29 is 0 Å². The molecule has 0 aliphatic rings. The molecule has 0 saturated heterocycles. The van der Waals surface area contributed by atoms with Crippen LogP contribution in [0, 0.1) is 0 Å². The van der Waals surface area contributed by atoms with Gasteiger partial charge in [0.05, 0.1) is 0 Å². The Kier molecular flexibility index (Phi) is 8.23. The molecule has 0 aliphatic heterocycles. The molecular weight excluding hydrogens is 410 g/mol. The molecule has 0 fully saturated rings. The largest absolute Gasteiger partial charge is 0.0651 e. The maximum Gasteiger partial charge on any atom is 0 e. The Labute approximate surface area is 118 Å². The van der Waals surface area contributed by atoms with E-state index in [0.717, 1.165) is 0 Å². The monoisotopic (exact) mass is 430 g/mol. The summed E-state index contributed by atoms with van der Waals surface area (Å²) in [4.78, 5) is 0. The predicted molar refractivity (Wildman–Crippen MR) is 87.2 cm³/mol. The van der Waals surface area contributed by atoms with Gasteiger partial charge in [0.1, 0.15) is 0 Å². The molecule has 15 heavy (non-hydrogen) atoms. The molecule has 86 valence electrons. The number of halogens is 2. The molecule has 0 unspecified atom stereocenters. The Hall–Kier alpha value is 0.680. The van der Waals surface area contributed by atoms with E-state index in [1.807, 2.05) is 0 Å². The van der Waals surface area contributed by atoms with E-state index in [1.54, 1.807) is 0 Å². The van der Waals surface area contributed by atoms with Crippen molar-refractivity contribution in [1.82, 2.24) is 0 Å². The van der Waals surface area contributed by atoms with Crippen LogP contribution in [0.3, 0.4) is 0 Å². The molecule has 1 rings (SSSR count). The van der Waals surface area contributed by atoms with Gasteiger partial charge in [-0.3, -0.25) is 0 Å². The van der Waals surface area contributed by atoms with Crippen LogP contribution >= 0.6 is 37.2 Å². The van der Waals surface area contributed by atoms with Crippen molar-refractivity contribution in [1.29, 1.82) is 0 Å². The lowest BCUT2D eigenvalue weighted by Crippen LogP contribution is -2.11. The molecule has 0 spiro atoms. The minimum Gasteiger partial charge on any atom is -0.0651 e. The van der Waals surface area contributed by atoms with Crippen LogP contribution in [-0.4, -0.2) is 0 Å². The van der Waals surface area contributed by atoms with Crippen molar-refractivity contribution in [2.24, 2.45) is 0 Å². The first-order valence-electron chi connectivity index (χ1n) is 5.27. The maximum absolute atomic E-state index is 2.34. The lowest BCUT2D eigenvalue weighted by molar-refractivity contribution is 0.589. The summed E-state index contributed by atoms with van der Waals surface area (Å²) in [5.74, 6) is 0. The Morgan fingerprint density at radius 2 is 1.73 bits per heavy atom. The predicted octanol–water partition coefficient (Wildman–Crippen LogP) is 5.71. The fourth-order valence-electron chi connectivity index (χ4n) is 1.48. The van der Waals surface area contributed by atoms with Gasteiger partial charge < -0.3 is 0 Å². The topological polar surface area (TPSA) is 0 Å². The summed E-state index contributed by atoms with van der Waals surface area (Å²) in [5, 5.41) is 0. The Morgan fingerprint density at radius 1 is 1.13 bits per heavy atom. The Bertz CT molecular complexity index is 274. The van der Waals surface area contributed by atoms with Crippen molar-refractivity contribution in [3.8, 4) is 0 Å². The quantitative estimate of drug-likeness (QED) is 0.528. The van der Waals surface area contributed by atoms with E-state index in [0.29, 0.717) is 0 Å². The third-order valence-corrected chi connectivity index (χ3v) is 2.33. The first-order valence-corrected chi connectivity index (χ1v) is 11.6. The summed E-state index contributed by atoms with van der Waals surface area (Å²) in [6.07, 6.45) is 2.43. The van der Waals surface area contributed by atoms with Crippen molar-refractivity contribution in [3.63, 3.8) is 0 Å². The fourth-order valence-corrected chi connectivity index (χ4v) is 1.48. The summed E-state index contributed by atoms with van der Waals surface area (Å²) in [6.45, 7) is 9.01. The number of hydrogen-bond acceptors (Lipinski definition) is 0. The van der Waals surface area contributed by atoms with Crippen LogP contribution in [0.4, 0.5) is 0 Å². The summed E-state index contributed by atoms with van der Waals surface area (Å²) in [5.41, 5.74) is 3.19.